The summed E-state index contributed by atoms with van der Waals surface area (Å²) >= 11 is 0. The van der Waals surface area contributed by atoms with Gasteiger partial charge in [-0.2, -0.15) is 5.10 Å². The topological polar surface area (TPSA) is 82.2 Å². The normalized spacial score (nSPS) is 28.0. The second kappa shape index (κ2) is 4.86. The molecule has 1 saturated carbocycles. The van der Waals surface area contributed by atoms with E-state index >= 15 is 0 Å². The molecule has 0 saturated heterocycles. The fourth-order valence-corrected chi connectivity index (χ4v) is 2.78. The highest BCUT2D eigenvalue weighted by atomic mass is 16.5. The Morgan fingerprint density at radius 2 is 2.30 bits per heavy atom. The van der Waals surface area contributed by atoms with E-state index in [1.54, 1.807) is 10.9 Å². The summed E-state index contributed by atoms with van der Waals surface area (Å²) in [6.45, 7) is 8.39. The number of rotatable bonds is 4. The molecule has 1 aliphatic carbocycles. The number of anilines is 1. The van der Waals surface area contributed by atoms with Gasteiger partial charge in [-0.25, -0.2) is 0 Å². The Bertz CT molecular complexity index is 523. The fraction of sp³-hybridized carbons (Fsp3) is 0.714. The first-order valence-corrected chi connectivity index (χ1v) is 6.94. The van der Waals surface area contributed by atoms with Gasteiger partial charge in [0.25, 0.3) is 0 Å². The third-order valence-electron chi connectivity index (χ3n) is 4.50. The van der Waals surface area contributed by atoms with Crippen molar-refractivity contribution in [2.75, 3.05) is 11.9 Å². The minimum absolute atomic E-state index is 0.0262. The molecule has 6 heteroatoms. The lowest BCUT2D eigenvalue weighted by molar-refractivity contribution is -0.166. The smallest absolute Gasteiger partial charge is 0.245 e. The second-order valence-electron chi connectivity index (χ2n) is 6.10. The van der Waals surface area contributed by atoms with Crippen molar-refractivity contribution in [3.05, 3.63) is 11.9 Å². The van der Waals surface area contributed by atoms with Crippen molar-refractivity contribution in [1.29, 1.82) is 0 Å². The van der Waals surface area contributed by atoms with Crippen LogP contribution in [0.15, 0.2) is 6.20 Å². The number of amides is 1. The summed E-state index contributed by atoms with van der Waals surface area (Å²) in [4.78, 5) is 12.5. The van der Waals surface area contributed by atoms with E-state index in [4.69, 9.17) is 10.5 Å². The number of nitrogens with two attached hydrogens (primary N) is 1. The SMILES string of the molecule is CCOC1CC(N)(C(=O)Nc2cn(C)nc2C)C1(C)C. The van der Waals surface area contributed by atoms with Crippen molar-refractivity contribution in [1.82, 2.24) is 9.78 Å². The highest BCUT2D eigenvalue weighted by molar-refractivity contribution is 6.00. The Morgan fingerprint density at radius 1 is 1.65 bits per heavy atom. The number of nitrogens with zero attached hydrogens (tertiary/aromatic N) is 2. The van der Waals surface area contributed by atoms with Gasteiger partial charge in [-0.3, -0.25) is 9.48 Å². The molecule has 2 rings (SSSR count). The van der Waals surface area contributed by atoms with Gasteiger partial charge in [-0.15, -0.1) is 0 Å². The maximum absolute atomic E-state index is 12.5. The number of carbonyl (C=O) groups excluding carboxylic acids is 1. The predicted molar refractivity (Wildman–Crippen MR) is 77.3 cm³/mol. The van der Waals surface area contributed by atoms with Gasteiger partial charge in [0, 0.05) is 31.7 Å². The van der Waals surface area contributed by atoms with Crippen molar-refractivity contribution < 1.29 is 9.53 Å². The Labute approximate surface area is 119 Å². The summed E-state index contributed by atoms with van der Waals surface area (Å²) in [5.41, 5.74) is 6.52. The zero-order valence-corrected chi connectivity index (χ0v) is 12.9. The van der Waals surface area contributed by atoms with E-state index in [9.17, 15) is 4.79 Å². The molecule has 6 nitrogen and oxygen atoms in total. The average Bonchev–Trinajstić information content (AvgIpc) is 2.67. The molecule has 1 aromatic rings. The zero-order valence-electron chi connectivity index (χ0n) is 12.9. The highest BCUT2D eigenvalue weighted by Gasteiger charge is 2.62. The predicted octanol–water partition coefficient (Wildman–Crippen LogP) is 1.20. The highest BCUT2D eigenvalue weighted by Crippen LogP contribution is 2.50. The van der Waals surface area contributed by atoms with Gasteiger partial charge in [0.1, 0.15) is 5.54 Å². The first-order chi connectivity index (χ1) is 9.22. The van der Waals surface area contributed by atoms with Gasteiger partial charge in [0.2, 0.25) is 5.91 Å². The molecule has 2 atom stereocenters. The van der Waals surface area contributed by atoms with E-state index in [1.807, 2.05) is 34.7 Å². The Hall–Kier alpha value is -1.40. The maximum atomic E-state index is 12.5. The average molecular weight is 280 g/mol. The van der Waals surface area contributed by atoms with E-state index in [1.165, 1.54) is 0 Å². The van der Waals surface area contributed by atoms with Crippen LogP contribution in [0.3, 0.4) is 0 Å². The summed E-state index contributed by atoms with van der Waals surface area (Å²) in [5.74, 6) is -0.172. The van der Waals surface area contributed by atoms with E-state index in [-0.39, 0.29) is 17.4 Å². The van der Waals surface area contributed by atoms with E-state index in [0.29, 0.717) is 18.7 Å². The molecule has 1 amide bonds. The summed E-state index contributed by atoms with van der Waals surface area (Å²) < 4.78 is 7.31. The molecule has 0 aromatic carbocycles. The molecule has 1 fully saturated rings. The number of aryl methyl sites for hydroxylation is 2. The molecular weight excluding hydrogens is 256 g/mol. The van der Waals surface area contributed by atoms with E-state index < -0.39 is 5.54 Å². The quantitative estimate of drug-likeness (QED) is 0.868. The van der Waals surface area contributed by atoms with E-state index in [2.05, 4.69) is 10.4 Å². The molecule has 0 bridgehead atoms. The molecule has 0 spiro atoms. The summed E-state index contributed by atoms with van der Waals surface area (Å²) in [5, 5.41) is 7.10. The fourth-order valence-electron chi connectivity index (χ4n) is 2.78. The number of carbonyl (C=O) groups is 1. The van der Waals surface area contributed by atoms with Crippen LogP contribution >= 0.6 is 0 Å². The van der Waals surface area contributed by atoms with Crippen molar-refractivity contribution in [3.8, 4) is 0 Å². The maximum Gasteiger partial charge on any atom is 0.245 e. The molecule has 2 unspecified atom stereocenters. The largest absolute Gasteiger partial charge is 0.378 e. The van der Waals surface area contributed by atoms with Crippen LogP contribution in [0.5, 0.6) is 0 Å². The van der Waals surface area contributed by atoms with Crippen LogP contribution in [0.25, 0.3) is 0 Å². The molecule has 1 aromatic heterocycles. The summed E-state index contributed by atoms with van der Waals surface area (Å²) in [6.07, 6.45) is 2.35. The lowest BCUT2D eigenvalue weighted by Gasteiger charge is -2.57. The molecule has 0 aliphatic heterocycles. The van der Waals surface area contributed by atoms with Crippen LogP contribution in [0.2, 0.25) is 0 Å². The van der Waals surface area contributed by atoms with Crippen molar-refractivity contribution in [2.24, 2.45) is 18.2 Å². The summed E-state index contributed by atoms with van der Waals surface area (Å²) in [6, 6.07) is 0. The molecule has 3 N–H and O–H groups in total. The lowest BCUT2D eigenvalue weighted by atomic mass is 9.54. The molecule has 1 heterocycles. The van der Waals surface area contributed by atoms with Crippen LogP contribution < -0.4 is 11.1 Å². The zero-order chi connectivity index (χ0) is 15.1. The van der Waals surface area contributed by atoms with Crippen LogP contribution in [0.1, 0.15) is 32.9 Å². The number of hydrogen-bond acceptors (Lipinski definition) is 4. The Kier molecular flexibility index (Phi) is 3.64. The van der Waals surface area contributed by atoms with Crippen LogP contribution in [-0.2, 0) is 16.6 Å². The van der Waals surface area contributed by atoms with Gasteiger partial charge in [0.15, 0.2) is 0 Å². The minimum atomic E-state index is -0.908. The van der Waals surface area contributed by atoms with Gasteiger partial charge in [-0.05, 0) is 13.8 Å². The molecule has 0 radical (unpaired) electrons. The monoisotopic (exact) mass is 280 g/mol. The van der Waals surface area contributed by atoms with Crippen molar-refractivity contribution in [3.63, 3.8) is 0 Å². The first-order valence-electron chi connectivity index (χ1n) is 6.94. The molecule has 112 valence electrons. The van der Waals surface area contributed by atoms with Crippen molar-refractivity contribution >= 4 is 11.6 Å². The Balaban J connectivity index is 2.12. The van der Waals surface area contributed by atoms with Gasteiger partial charge in [0.05, 0.1) is 17.5 Å². The first kappa shape index (κ1) is 15.0. The second-order valence-corrected chi connectivity index (χ2v) is 6.10. The standard InChI is InChI=1S/C14H24N4O2/c1-6-20-11-7-14(15,13(11,3)4)12(19)16-10-8-18(5)17-9(10)2/h8,11H,6-7,15H2,1-5H3,(H,16,19). The minimum Gasteiger partial charge on any atom is -0.378 e. The molecular formula is C14H24N4O2. The molecule has 20 heavy (non-hydrogen) atoms. The number of aromatic nitrogens is 2. The third-order valence-corrected chi connectivity index (χ3v) is 4.50. The third kappa shape index (κ3) is 2.13. The number of nitrogens with one attached hydrogen (secondary N) is 1. The van der Waals surface area contributed by atoms with Gasteiger partial charge in [-0.1, -0.05) is 13.8 Å². The van der Waals surface area contributed by atoms with Crippen molar-refractivity contribution in [2.45, 2.75) is 45.8 Å². The number of ether oxygens (including phenoxy) is 1. The van der Waals surface area contributed by atoms with E-state index in [0.717, 1.165) is 5.69 Å². The summed E-state index contributed by atoms with van der Waals surface area (Å²) in [7, 11) is 1.82. The Morgan fingerprint density at radius 3 is 2.75 bits per heavy atom. The number of hydrogen-bond donors (Lipinski definition) is 2. The molecule has 1 aliphatic rings. The van der Waals surface area contributed by atoms with Gasteiger partial charge < -0.3 is 15.8 Å². The van der Waals surface area contributed by atoms with Gasteiger partial charge >= 0.3 is 0 Å². The lowest BCUT2D eigenvalue weighted by Crippen LogP contribution is -2.74. The van der Waals surface area contributed by atoms with Crippen LogP contribution in [0, 0.1) is 12.3 Å². The van der Waals surface area contributed by atoms with Crippen LogP contribution in [-0.4, -0.2) is 33.9 Å². The van der Waals surface area contributed by atoms with Crippen LogP contribution in [0.4, 0.5) is 5.69 Å².